The van der Waals surface area contributed by atoms with Crippen LogP contribution in [0.4, 0.5) is 0 Å². The second kappa shape index (κ2) is 9.39. The molecule has 1 atom stereocenters. The van der Waals surface area contributed by atoms with Gasteiger partial charge in [0.15, 0.2) is 0 Å². The van der Waals surface area contributed by atoms with E-state index in [-0.39, 0.29) is 24.8 Å². The smallest absolute Gasteiger partial charge is 0.0449 e. The lowest BCUT2D eigenvalue weighted by atomic mass is 10.0. The summed E-state index contributed by atoms with van der Waals surface area (Å²) in [5.41, 5.74) is 2.69. The average Bonchev–Trinajstić information content (AvgIpc) is 2.49. The van der Waals surface area contributed by atoms with Crippen LogP contribution in [0, 0.1) is 0 Å². The van der Waals surface area contributed by atoms with Crippen LogP contribution in [-0.2, 0) is 6.54 Å². The highest BCUT2D eigenvalue weighted by Gasteiger charge is 2.20. The lowest BCUT2D eigenvalue weighted by molar-refractivity contribution is 0.193. The summed E-state index contributed by atoms with van der Waals surface area (Å²) in [7, 11) is 0. The zero-order chi connectivity index (χ0) is 13.8. The summed E-state index contributed by atoms with van der Waals surface area (Å²) >= 11 is 5.96. The van der Waals surface area contributed by atoms with Gasteiger partial charge in [-0.25, -0.2) is 0 Å². The molecule has 0 aromatic heterocycles. The number of benzene rings is 2. The van der Waals surface area contributed by atoms with Crippen LogP contribution in [0.5, 0.6) is 0 Å². The summed E-state index contributed by atoms with van der Waals surface area (Å²) in [5.74, 6) is 0. The minimum absolute atomic E-state index is 0. The third-order valence-corrected chi connectivity index (χ3v) is 4.03. The highest BCUT2D eigenvalue weighted by Crippen LogP contribution is 2.20. The fraction of sp³-hybridized carbons (Fsp3) is 0.294. The third kappa shape index (κ3) is 5.15. The molecule has 2 aromatic rings. The second-order valence-electron chi connectivity index (χ2n) is 5.28. The molecule has 120 valence electrons. The normalized spacial score (nSPS) is 18.1. The number of rotatable bonds is 3. The molecule has 0 aliphatic carbocycles. The predicted octanol–water partition coefficient (Wildman–Crippen LogP) is 4.33. The monoisotopic (exact) mass is 358 g/mol. The van der Waals surface area contributed by atoms with Crippen LogP contribution in [-0.4, -0.2) is 24.5 Å². The van der Waals surface area contributed by atoms with E-state index >= 15 is 0 Å². The van der Waals surface area contributed by atoms with Crippen molar-refractivity contribution in [3.8, 4) is 0 Å². The molecular formula is C17H21Cl3N2. The molecule has 22 heavy (non-hydrogen) atoms. The summed E-state index contributed by atoms with van der Waals surface area (Å²) in [6.07, 6.45) is 0. The van der Waals surface area contributed by atoms with Gasteiger partial charge in [0.05, 0.1) is 0 Å². The summed E-state index contributed by atoms with van der Waals surface area (Å²) in [6.45, 7) is 4.18. The fourth-order valence-electron chi connectivity index (χ4n) is 2.71. The van der Waals surface area contributed by atoms with Crippen molar-refractivity contribution >= 4 is 36.4 Å². The molecule has 3 rings (SSSR count). The third-order valence-electron chi connectivity index (χ3n) is 3.78. The van der Waals surface area contributed by atoms with Crippen LogP contribution in [0.1, 0.15) is 17.2 Å². The Hall–Kier alpha value is -0.770. The van der Waals surface area contributed by atoms with E-state index in [2.05, 4.69) is 52.7 Å². The molecule has 0 bridgehead atoms. The molecular weight excluding hydrogens is 339 g/mol. The molecule has 2 aromatic carbocycles. The van der Waals surface area contributed by atoms with Crippen LogP contribution < -0.4 is 5.32 Å². The van der Waals surface area contributed by atoms with E-state index in [1.807, 2.05) is 12.1 Å². The Morgan fingerprint density at radius 3 is 2.36 bits per heavy atom. The standard InChI is InChI=1S/C17H19ClN2.2ClH/c18-16-8-6-15(7-9-16)17-13-20(11-10-19-17)12-14-4-2-1-3-5-14;;/h1-9,17,19H,10-13H2;2*1H. The number of nitrogens with zero attached hydrogens (tertiary/aromatic N) is 1. The van der Waals surface area contributed by atoms with Gasteiger partial charge in [-0.3, -0.25) is 4.90 Å². The van der Waals surface area contributed by atoms with Gasteiger partial charge in [-0.15, -0.1) is 24.8 Å². The lowest BCUT2D eigenvalue weighted by Gasteiger charge is -2.34. The summed E-state index contributed by atoms with van der Waals surface area (Å²) in [5, 5.41) is 4.38. The minimum Gasteiger partial charge on any atom is -0.308 e. The number of piperazine rings is 1. The van der Waals surface area contributed by atoms with E-state index < -0.39 is 0 Å². The van der Waals surface area contributed by atoms with E-state index in [0.717, 1.165) is 31.2 Å². The van der Waals surface area contributed by atoms with Gasteiger partial charge >= 0.3 is 0 Å². The summed E-state index contributed by atoms with van der Waals surface area (Å²) in [6, 6.07) is 19.2. The van der Waals surface area contributed by atoms with Gasteiger partial charge in [0, 0.05) is 37.2 Å². The number of halogens is 3. The van der Waals surface area contributed by atoms with Gasteiger partial charge in [-0.2, -0.15) is 0 Å². The largest absolute Gasteiger partial charge is 0.308 e. The first-order valence-electron chi connectivity index (χ1n) is 7.06. The van der Waals surface area contributed by atoms with Gasteiger partial charge in [-0.1, -0.05) is 54.1 Å². The zero-order valence-electron chi connectivity index (χ0n) is 12.2. The molecule has 0 radical (unpaired) electrons. The van der Waals surface area contributed by atoms with Crippen LogP contribution in [0.25, 0.3) is 0 Å². The minimum atomic E-state index is 0. The van der Waals surface area contributed by atoms with Crippen molar-refractivity contribution in [3.63, 3.8) is 0 Å². The van der Waals surface area contributed by atoms with E-state index in [4.69, 9.17) is 11.6 Å². The highest BCUT2D eigenvalue weighted by molar-refractivity contribution is 6.30. The van der Waals surface area contributed by atoms with E-state index in [9.17, 15) is 0 Å². The van der Waals surface area contributed by atoms with E-state index in [0.29, 0.717) is 6.04 Å². The Morgan fingerprint density at radius 1 is 1.00 bits per heavy atom. The topological polar surface area (TPSA) is 15.3 Å². The predicted molar refractivity (Wildman–Crippen MR) is 98.4 cm³/mol. The van der Waals surface area contributed by atoms with Crippen molar-refractivity contribution in [2.45, 2.75) is 12.6 Å². The van der Waals surface area contributed by atoms with Crippen molar-refractivity contribution in [1.29, 1.82) is 0 Å². The van der Waals surface area contributed by atoms with Crippen molar-refractivity contribution in [1.82, 2.24) is 10.2 Å². The van der Waals surface area contributed by atoms with Crippen molar-refractivity contribution < 1.29 is 0 Å². The number of hydrogen-bond acceptors (Lipinski definition) is 2. The van der Waals surface area contributed by atoms with Crippen molar-refractivity contribution in [3.05, 3.63) is 70.7 Å². The maximum atomic E-state index is 5.96. The lowest BCUT2D eigenvalue weighted by Crippen LogP contribution is -2.45. The van der Waals surface area contributed by atoms with Crippen molar-refractivity contribution in [2.75, 3.05) is 19.6 Å². The van der Waals surface area contributed by atoms with Crippen LogP contribution in [0.3, 0.4) is 0 Å². The van der Waals surface area contributed by atoms with Crippen LogP contribution in [0.2, 0.25) is 5.02 Å². The van der Waals surface area contributed by atoms with Gasteiger partial charge in [0.2, 0.25) is 0 Å². The molecule has 2 nitrogen and oxygen atoms in total. The van der Waals surface area contributed by atoms with Gasteiger partial charge in [0.25, 0.3) is 0 Å². The maximum absolute atomic E-state index is 5.96. The van der Waals surface area contributed by atoms with Gasteiger partial charge in [-0.05, 0) is 23.3 Å². The molecule has 1 unspecified atom stereocenters. The molecule has 0 spiro atoms. The van der Waals surface area contributed by atoms with Gasteiger partial charge < -0.3 is 5.32 Å². The van der Waals surface area contributed by atoms with Gasteiger partial charge in [0.1, 0.15) is 0 Å². The Kier molecular flexibility index (Phi) is 8.23. The Bertz CT molecular complexity index is 546. The second-order valence-corrected chi connectivity index (χ2v) is 5.72. The summed E-state index contributed by atoms with van der Waals surface area (Å²) < 4.78 is 0. The van der Waals surface area contributed by atoms with Crippen LogP contribution in [0.15, 0.2) is 54.6 Å². The first kappa shape index (κ1) is 19.3. The SMILES string of the molecule is Cl.Cl.Clc1ccc(C2CN(Cc3ccccc3)CCN2)cc1. The molecule has 1 aliphatic rings. The molecule has 1 fully saturated rings. The first-order chi connectivity index (χ1) is 9.81. The molecule has 1 aliphatic heterocycles. The first-order valence-corrected chi connectivity index (χ1v) is 7.44. The average molecular weight is 360 g/mol. The quantitative estimate of drug-likeness (QED) is 0.877. The Labute approximate surface area is 149 Å². The maximum Gasteiger partial charge on any atom is 0.0449 e. The molecule has 0 amide bonds. The number of nitrogens with one attached hydrogen (secondary N) is 1. The zero-order valence-corrected chi connectivity index (χ0v) is 14.6. The van der Waals surface area contributed by atoms with Crippen LogP contribution >= 0.6 is 36.4 Å². The fourth-order valence-corrected chi connectivity index (χ4v) is 2.84. The molecule has 1 heterocycles. The van der Waals surface area contributed by atoms with E-state index in [1.54, 1.807) is 0 Å². The van der Waals surface area contributed by atoms with Crippen molar-refractivity contribution in [2.24, 2.45) is 0 Å². The molecule has 0 saturated carbocycles. The molecule has 1 N–H and O–H groups in total. The van der Waals surface area contributed by atoms with E-state index in [1.165, 1.54) is 11.1 Å². The Morgan fingerprint density at radius 2 is 1.68 bits per heavy atom. The molecule has 5 heteroatoms. The summed E-state index contributed by atoms with van der Waals surface area (Å²) in [4.78, 5) is 2.51. The Balaban J connectivity index is 0.00000121. The molecule has 1 saturated heterocycles. The number of hydrogen-bond donors (Lipinski definition) is 1. The highest BCUT2D eigenvalue weighted by atomic mass is 35.5.